The summed E-state index contributed by atoms with van der Waals surface area (Å²) in [5.74, 6) is -0.274. The molecule has 7 heteroatoms. The molecule has 0 radical (unpaired) electrons. The molecule has 0 fully saturated rings. The van der Waals surface area contributed by atoms with Crippen LogP contribution in [-0.2, 0) is 14.8 Å². The number of benzene rings is 4. The van der Waals surface area contributed by atoms with E-state index in [1.807, 2.05) is 48.5 Å². The molecule has 6 nitrogen and oxygen atoms in total. The summed E-state index contributed by atoms with van der Waals surface area (Å²) in [6, 6.07) is 28.9. The van der Waals surface area contributed by atoms with Crippen molar-refractivity contribution in [3.05, 3.63) is 97.1 Å². The Morgan fingerprint density at radius 3 is 2.34 bits per heavy atom. The van der Waals surface area contributed by atoms with E-state index in [-0.39, 0.29) is 17.3 Å². The lowest BCUT2D eigenvalue weighted by atomic mass is 10.1. The largest absolute Gasteiger partial charge is 0.376 e. The fourth-order valence-electron chi connectivity index (χ4n) is 3.43. The van der Waals surface area contributed by atoms with Crippen molar-refractivity contribution in [3.8, 4) is 0 Å². The molecule has 0 saturated heterocycles. The SMILES string of the molecule is CN(c1ccccc1)S(=O)(=O)c1cccc(NC(=O)CNc2cccc3ccccc23)c1. The highest BCUT2D eigenvalue weighted by Gasteiger charge is 2.21. The zero-order chi connectivity index (χ0) is 22.6. The first-order valence-corrected chi connectivity index (χ1v) is 11.5. The summed E-state index contributed by atoms with van der Waals surface area (Å²) in [6.07, 6.45) is 0. The maximum Gasteiger partial charge on any atom is 0.264 e. The average molecular weight is 446 g/mol. The molecular formula is C25H23N3O3S. The summed E-state index contributed by atoms with van der Waals surface area (Å²) < 4.78 is 27.2. The van der Waals surface area contributed by atoms with E-state index in [1.165, 1.54) is 23.5 Å². The van der Waals surface area contributed by atoms with Crippen LogP contribution in [0.3, 0.4) is 0 Å². The zero-order valence-electron chi connectivity index (χ0n) is 17.5. The number of fused-ring (bicyclic) bond motifs is 1. The molecule has 2 N–H and O–H groups in total. The second kappa shape index (κ2) is 9.11. The van der Waals surface area contributed by atoms with Gasteiger partial charge in [0.15, 0.2) is 0 Å². The van der Waals surface area contributed by atoms with E-state index < -0.39 is 10.0 Å². The van der Waals surface area contributed by atoms with Crippen LogP contribution in [0.2, 0.25) is 0 Å². The Balaban J connectivity index is 1.46. The van der Waals surface area contributed by atoms with Crippen LogP contribution in [0.5, 0.6) is 0 Å². The van der Waals surface area contributed by atoms with Crippen LogP contribution in [0.1, 0.15) is 0 Å². The lowest BCUT2D eigenvalue weighted by Gasteiger charge is -2.20. The Morgan fingerprint density at radius 2 is 1.53 bits per heavy atom. The van der Waals surface area contributed by atoms with Gasteiger partial charge in [-0.25, -0.2) is 8.42 Å². The van der Waals surface area contributed by atoms with Crippen LogP contribution in [0.4, 0.5) is 17.1 Å². The Labute approximate surface area is 187 Å². The van der Waals surface area contributed by atoms with Crippen molar-refractivity contribution in [2.75, 3.05) is 28.5 Å². The molecule has 0 aliphatic carbocycles. The highest BCUT2D eigenvalue weighted by atomic mass is 32.2. The quantitative estimate of drug-likeness (QED) is 0.432. The summed E-state index contributed by atoms with van der Waals surface area (Å²) in [5.41, 5.74) is 1.83. The van der Waals surface area contributed by atoms with E-state index in [2.05, 4.69) is 10.6 Å². The van der Waals surface area contributed by atoms with Crippen molar-refractivity contribution in [2.24, 2.45) is 0 Å². The van der Waals surface area contributed by atoms with Gasteiger partial charge in [-0.3, -0.25) is 9.10 Å². The summed E-state index contributed by atoms with van der Waals surface area (Å²) in [4.78, 5) is 12.6. The number of rotatable bonds is 7. The number of sulfonamides is 1. The predicted octanol–water partition coefficient (Wildman–Crippen LogP) is 4.72. The zero-order valence-corrected chi connectivity index (χ0v) is 18.3. The Kier molecular flexibility index (Phi) is 6.09. The van der Waals surface area contributed by atoms with Crippen molar-refractivity contribution in [3.63, 3.8) is 0 Å². The number of carbonyl (C=O) groups is 1. The molecule has 162 valence electrons. The summed E-state index contributed by atoms with van der Waals surface area (Å²) in [6.45, 7) is 0.0505. The minimum atomic E-state index is -3.76. The van der Waals surface area contributed by atoms with Crippen molar-refractivity contribution in [1.82, 2.24) is 0 Å². The van der Waals surface area contributed by atoms with E-state index in [1.54, 1.807) is 36.4 Å². The van der Waals surface area contributed by atoms with E-state index in [9.17, 15) is 13.2 Å². The third-order valence-corrected chi connectivity index (χ3v) is 6.91. The van der Waals surface area contributed by atoms with Gasteiger partial charge in [-0.1, -0.05) is 60.7 Å². The minimum Gasteiger partial charge on any atom is -0.376 e. The normalized spacial score (nSPS) is 11.2. The maximum absolute atomic E-state index is 13.0. The molecule has 0 unspecified atom stereocenters. The maximum atomic E-state index is 13.0. The summed E-state index contributed by atoms with van der Waals surface area (Å²) in [5, 5.41) is 8.03. The number of para-hydroxylation sites is 1. The second-order valence-electron chi connectivity index (χ2n) is 7.26. The molecule has 4 aromatic rings. The van der Waals surface area contributed by atoms with Crippen molar-refractivity contribution in [2.45, 2.75) is 4.90 Å². The van der Waals surface area contributed by atoms with Crippen LogP contribution in [0.15, 0.2) is 102 Å². The third kappa shape index (κ3) is 4.58. The molecule has 0 spiro atoms. The Bertz CT molecular complexity index is 1350. The van der Waals surface area contributed by atoms with Crippen LogP contribution < -0.4 is 14.9 Å². The second-order valence-corrected chi connectivity index (χ2v) is 9.23. The molecule has 0 bridgehead atoms. The number of nitrogens with zero attached hydrogens (tertiary/aromatic N) is 1. The number of carbonyl (C=O) groups excluding carboxylic acids is 1. The van der Waals surface area contributed by atoms with Crippen LogP contribution >= 0.6 is 0 Å². The first kappa shape index (κ1) is 21.4. The van der Waals surface area contributed by atoms with E-state index in [0.717, 1.165) is 16.5 Å². The van der Waals surface area contributed by atoms with E-state index in [0.29, 0.717) is 11.4 Å². The Hall–Kier alpha value is -3.84. The van der Waals surface area contributed by atoms with Crippen molar-refractivity contribution in [1.29, 1.82) is 0 Å². The summed E-state index contributed by atoms with van der Waals surface area (Å²) in [7, 11) is -2.26. The number of nitrogens with one attached hydrogen (secondary N) is 2. The topological polar surface area (TPSA) is 78.5 Å². The molecule has 0 heterocycles. The van der Waals surface area contributed by atoms with Crippen LogP contribution in [0.25, 0.3) is 10.8 Å². The molecule has 32 heavy (non-hydrogen) atoms. The van der Waals surface area contributed by atoms with E-state index >= 15 is 0 Å². The van der Waals surface area contributed by atoms with Crippen LogP contribution in [0, 0.1) is 0 Å². The molecule has 0 atom stereocenters. The smallest absolute Gasteiger partial charge is 0.264 e. The van der Waals surface area contributed by atoms with Gasteiger partial charge in [-0.05, 0) is 41.8 Å². The van der Waals surface area contributed by atoms with Gasteiger partial charge in [0.25, 0.3) is 10.0 Å². The lowest BCUT2D eigenvalue weighted by molar-refractivity contribution is -0.114. The Morgan fingerprint density at radius 1 is 0.844 bits per heavy atom. The standard InChI is InChI=1S/C25H23N3O3S/c1-28(21-12-3-2-4-13-21)32(30,31)22-14-8-11-20(17-22)27-25(29)18-26-24-16-7-10-19-9-5-6-15-23(19)24/h2-17,26H,18H2,1H3,(H,27,29). The molecule has 4 aromatic carbocycles. The van der Waals surface area contributed by atoms with Crippen molar-refractivity contribution < 1.29 is 13.2 Å². The molecule has 1 amide bonds. The van der Waals surface area contributed by atoms with Gasteiger partial charge in [0.2, 0.25) is 5.91 Å². The van der Waals surface area contributed by atoms with Gasteiger partial charge < -0.3 is 10.6 Å². The first-order chi connectivity index (χ1) is 15.4. The van der Waals surface area contributed by atoms with Gasteiger partial charge in [-0.15, -0.1) is 0 Å². The van der Waals surface area contributed by atoms with Gasteiger partial charge in [0.1, 0.15) is 0 Å². The lowest BCUT2D eigenvalue weighted by Crippen LogP contribution is -2.27. The molecule has 0 aliphatic rings. The molecule has 0 saturated carbocycles. The molecule has 0 aromatic heterocycles. The highest BCUT2D eigenvalue weighted by molar-refractivity contribution is 7.92. The third-order valence-electron chi connectivity index (χ3n) is 5.13. The average Bonchev–Trinajstić information content (AvgIpc) is 2.83. The summed E-state index contributed by atoms with van der Waals surface area (Å²) >= 11 is 0. The number of anilines is 3. The fraction of sp³-hybridized carbons (Fsp3) is 0.0800. The number of hydrogen-bond donors (Lipinski definition) is 2. The molecular weight excluding hydrogens is 422 g/mol. The van der Waals surface area contributed by atoms with Gasteiger partial charge >= 0.3 is 0 Å². The van der Waals surface area contributed by atoms with Crippen LogP contribution in [-0.4, -0.2) is 27.9 Å². The monoisotopic (exact) mass is 445 g/mol. The predicted molar refractivity (Wildman–Crippen MR) is 130 cm³/mol. The minimum absolute atomic E-state index is 0.0505. The number of hydrogen-bond acceptors (Lipinski definition) is 4. The first-order valence-electron chi connectivity index (χ1n) is 10.1. The highest BCUT2D eigenvalue weighted by Crippen LogP contribution is 2.24. The van der Waals surface area contributed by atoms with Gasteiger partial charge in [0.05, 0.1) is 17.1 Å². The van der Waals surface area contributed by atoms with Gasteiger partial charge in [0, 0.05) is 23.8 Å². The van der Waals surface area contributed by atoms with E-state index in [4.69, 9.17) is 0 Å². The number of amides is 1. The van der Waals surface area contributed by atoms with Gasteiger partial charge in [-0.2, -0.15) is 0 Å². The molecule has 0 aliphatic heterocycles. The fourth-order valence-corrected chi connectivity index (χ4v) is 4.67. The van der Waals surface area contributed by atoms with Crippen molar-refractivity contribution >= 4 is 43.8 Å². The molecule has 4 rings (SSSR count).